The second-order valence-electron chi connectivity index (χ2n) is 4.81. The number of hydrogen-bond donors (Lipinski definition) is 2. The van der Waals surface area contributed by atoms with Gasteiger partial charge < -0.3 is 32.5 Å². The molecule has 0 radical (unpaired) electrons. The van der Waals surface area contributed by atoms with Gasteiger partial charge in [-0.15, -0.1) is 16.7 Å². The predicted octanol–water partition coefficient (Wildman–Crippen LogP) is -1.43. The molecule has 0 atom stereocenters. The minimum atomic E-state index is -4.94. The Morgan fingerprint density at radius 2 is 1.32 bits per heavy atom. The standard InChI is InChI=1S/C7H13N2O2.C5H5N.C4H8N2O2.ClHO4.Co/c1-4-5-11-9-7(3)6(2)8-10;1-2-4-6-5-3-1;1-3(5-7)4(2)6-8;2-1(3,4)5;/h10H,1,4-5H2,2-3H3;1-5H;7-8H,1-2H3;(H,2,3,4,5);/q-1;;;;+3/p-2/b8-6+,9-7+;;5-3+,6-4+;;. The molecule has 13 nitrogen and oxygen atoms in total. The van der Waals surface area contributed by atoms with Gasteiger partial charge in [-0.2, -0.15) is 0 Å². The monoisotopic (exact) mass is 509 g/mol. The van der Waals surface area contributed by atoms with Crippen molar-refractivity contribution in [3.05, 3.63) is 42.7 Å². The number of oxime groups is 3. The fourth-order valence-electron chi connectivity index (χ4n) is 0.796. The third-order valence-corrected chi connectivity index (χ3v) is 2.49. The van der Waals surface area contributed by atoms with E-state index in [9.17, 15) is 5.21 Å². The molecule has 0 saturated heterocycles. The van der Waals surface area contributed by atoms with Crippen LogP contribution in [0.5, 0.6) is 0 Å². The van der Waals surface area contributed by atoms with Gasteiger partial charge in [0.05, 0.1) is 18.0 Å². The topological polar surface area (TPSA) is 227 Å². The van der Waals surface area contributed by atoms with Gasteiger partial charge in [0.25, 0.3) is 0 Å². The molecule has 0 unspecified atom stereocenters. The van der Waals surface area contributed by atoms with Gasteiger partial charge in [-0.1, -0.05) is 21.5 Å². The Morgan fingerprint density at radius 3 is 1.55 bits per heavy atom. The zero-order valence-corrected chi connectivity index (χ0v) is 19.1. The van der Waals surface area contributed by atoms with E-state index in [0.29, 0.717) is 35.9 Å². The van der Waals surface area contributed by atoms with Crippen LogP contribution in [0.1, 0.15) is 34.1 Å². The average Bonchev–Trinajstić information content (AvgIpc) is 2.73. The van der Waals surface area contributed by atoms with E-state index < -0.39 is 10.2 Å². The SMILES string of the molecule is CC(=N\O)/C(C)=N/O.[CH2-]CCO/N=C(C)/C(C)=N/[O-].[Co+3].[O-][Cl+3]([O-])([O-])[O-].c1ccncc1. The normalized spacial score (nSPS) is 11.9. The maximum Gasteiger partial charge on any atom is 3.00 e. The van der Waals surface area contributed by atoms with Crippen LogP contribution in [-0.2, 0) is 21.6 Å². The maximum absolute atomic E-state index is 9.94. The van der Waals surface area contributed by atoms with E-state index in [1.807, 2.05) is 18.2 Å². The van der Waals surface area contributed by atoms with Crippen molar-refractivity contribution in [1.82, 2.24) is 4.98 Å². The molecule has 0 bridgehead atoms. The van der Waals surface area contributed by atoms with Crippen LogP contribution in [0.4, 0.5) is 0 Å². The van der Waals surface area contributed by atoms with Crippen molar-refractivity contribution in [3.63, 3.8) is 0 Å². The number of halogens is 1. The smallest absolute Gasteiger partial charge is 0.792 e. The maximum atomic E-state index is 9.94. The van der Waals surface area contributed by atoms with E-state index in [1.54, 1.807) is 26.2 Å². The second-order valence-corrected chi connectivity index (χ2v) is 5.57. The third-order valence-electron chi connectivity index (χ3n) is 2.49. The van der Waals surface area contributed by atoms with E-state index in [0.717, 1.165) is 0 Å². The van der Waals surface area contributed by atoms with Crippen LogP contribution >= 0.6 is 0 Å². The summed E-state index contributed by atoms with van der Waals surface area (Å²) in [5, 5.41) is 37.9. The van der Waals surface area contributed by atoms with Gasteiger partial charge in [0.1, 0.15) is 11.4 Å². The molecule has 0 aliphatic carbocycles. The first kappa shape index (κ1) is 36.1. The summed E-state index contributed by atoms with van der Waals surface area (Å²) in [6, 6.07) is 5.72. The largest absolute Gasteiger partial charge is 3.00 e. The summed E-state index contributed by atoms with van der Waals surface area (Å²) < 4.78 is 34.0. The number of aromatic nitrogens is 1. The van der Waals surface area contributed by atoms with Gasteiger partial charge >= 0.3 is 16.8 Å². The molecule has 1 rings (SSSR count). The molecule has 0 saturated carbocycles. The Kier molecular flexibility index (Phi) is 27.9. The summed E-state index contributed by atoms with van der Waals surface area (Å²) in [4.78, 5) is 8.56. The van der Waals surface area contributed by atoms with Crippen molar-refractivity contribution in [2.24, 2.45) is 20.6 Å². The van der Waals surface area contributed by atoms with Crippen LogP contribution < -0.4 is 18.6 Å². The zero-order valence-electron chi connectivity index (χ0n) is 17.3. The molecular weight excluding hydrogens is 485 g/mol. The molecule has 0 aliphatic rings. The van der Waals surface area contributed by atoms with Crippen LogP contribution in [0.3, 0.4) is 0 Å². The minimum Gasteiger partial charge on any atom is -0.792 e. The molecule has 178 valence electrons. The molecule has 31 heavy (non-hydrogen) atoms. The number of nitrogens with zero attached hydrogens (tertiary/aromatic N) is 5. The Labute approximate surface area is 193 Å². The van der Waals surface area contributed by atoms with Crippen LogP contribution in [-0.4, -0.2) is 44.9 Å². The Hall–Kier alpha value is -2.33. The van der Waals surface area contributed by atoms with E-state index in [4.69, 9.17) is 33.9 Å². The number of rotatable bonds is 5. The van der Waals surface area contributed by atoms with Gasteiger partial charge in [-0.3, -0.25) is 4.98 Å². The van der Waals surface area contributed by atoms with Crippen molar-refractivity contribution >= 4 is 22.8 Å². The third kappa shape index (κ3) is 35.5. The summed E-state index contributed by atoms with van der Waals surface area (Å²) in [5.74, 6) is 0. The molecule has 15 heteroatoms. The van der Waals surface area contributed by atoms with E-state index in [2.05, 4.69) is 32.5 Å². The van der Waals surface area contributed by atoms with E-state index in [1.165, 1.54) is 13.8 Å². The van der Waals surface area contributed by atoms with Crippen molar-refractivity contribution in [2.45, 2.75) is 34.1 Å². The fourth-order valence-corrected chi connectivity index (χ4v) is 0.796. The summed E-state index contributed by atoms with van der Waals surface area (Å²) in [7, 11) is -4.94. The quantitative estimate of drug-likeness (QED) is 0.155. The van der Waals surface area contributed by atoms with Crippen LogP contribution in [0.25, 0.3) is 0 Å². The van der Waals surface area contributed by atoms with Gasteiger partial charge in [-0.25, -0.2) is 18.6 Å². The molecule has 0 amide bonds. The van der Waals surface area contributed by atoms with Crippen molar-refractivity contribution in [2.75, 3.05) is 6.61 Å². The summed E-state index contributed by atoms with van der Waals surface area (Å²) in [6.07, 6.45) is 4.16. The molecule has 1 aromatic rings. The Morgan fingerprint density at radius 1 is 0.903 bits per heavy atom. The fraction of sp³-hybridized carbons (Fsp3) is 0.375. The van der Waals surface area contributed by atoms with E-state index >= 15 is 0 Å². The summed E-state index contributed by atoms with van der Waals surface area (Å²) in [6.45, 7) is 10.3. The van der Waals surface area contributed by atoms with Gasteiger partial charge in [0.15, 0.2) is 0 Å². The van der Waals surface area contributed by atoms with Crippen molar-refractivity contribution < 1.29 is 60.9 Å². The first-order chi connectivity index (χ1) is 13.9. The first-order valence-electron chi connectivity index (χ1n) is 7.92. The average molecular weight is 510 g/mol. The number of hydrogen-bond acceptors (Lipinski definition) is 13. The molecule has 1 heterocycles. The van der Waals surface area contributed by atoms with Crippen molar-refractivity contribution in [3.8, 4) is 0 Å². The second kappa shape index (κ2) is 23.9. The molecule has 0 spiro atoms. The first-order valence-corrected chi connectivity index (χ1v) is 9.15. The van der Waals surface area contributed by atoms with Gasteiger partial charge in [0.2, 0.25) is 0 Å². The molecular formula is C16H25ClCoN5O8. The predicted molar refractivity (Wildman–Crippen MR) is 99.5 cm³/mol. The molecule has 0 aliphatic heterocycles. The Bertz CT molecular complexity index is 606. The molecule has 0 aromatic carbocycles. The summed E-state index contributed by atoms with van der Waals surface area (Å²) in [5.41, 5.74) is 1.47. The minimum absolute atomic E-state index is 0. The molecule has 1 aromatic heterocycles. The summed E-state index contributed by atoms with van der Waals surface area (Å²) >= 11 is 0. The van der Waals surface area contributed by atoms with Gasteiger partial charge in [0, 0.05) is 12.4 Å². The van der Waals surface area contributed by atoms with Crippen LogP contribution in [0, 0.1) is 22.4 Å². The number of pyridine rings is 1. The van der Waals surface area contributed by atoms with Gasteiger partial charge in [-0.05, 0) is 39.8 Å². The zero-order chi connectivity index (χ0) is 24.0. The molecule has 2 N–H and O–H groups in total. The van der Waals surface area contributed by atoms with E-state index in [-0.39, 0.29) is 16.8 Å². The Balaban J connectivity index is -0.000000162. The van der Waals surface area contributed by atoms with Crippen LogP contribution in [0.15, 0.2) is 51.2 Å². The molecule has 0 fully saturated rings. The van der Waals surface area contributed by atoms with Crippen molar-refractivity contribution in [1.29, 1.82) is 0 Å². The van der Waals surface area contributed by atoms with Crippen LogP contribution in [0.2, 0.25) is 0 Å².